The molecule has 154 valence electrons. The Balaban J connectivity index is 1.58. The molecular weight excluding hydrogens is 354 g/mol. The second-order valence-corrected chi connectivity index (χ2v) is 8.53. The third kappa shape index (κ3) is 5.25. The molecule has 2 heterocycles. The Kier molecular flexibility index (Phi) is 6.94. The summed E-state index contributed by atoms with van der Waals surface area (Å²) < 4.78 is 5.56. The van der Waals surface area contributed by atoms with Crippen molar-refractivity contribution >= 4 is 17.6 Å². The molecule has 2 fully saturated rings. The molecule has 1 unspecified atom stereocenters. The van der Waals surface area contributed by atoms with Gasteiger partial charge in [0.25, 0.3) is 5.91 Å². The Bertz CT molecular complexity index is 666. The summed E-state index contributed by atoms with van der Waals surface area (Å²) >= 11 is 0. The van der Waals surface area contributed by atoms with Gasteiger partial charge >= 0.3 is 6.03 Å². The largest absolute Gasteiger partial charge is 0.377 e. The minimum atomic E-state index is -0.0990. The average Bonchev–Trinajstić information content (AvgIpc) is 2.68. The lowest BCUT2D eigenvalue weighted by Crippen LogP contribution is -2.50. The molecule has 0 bridgehead atoms. The van der Waals surface area contributed by atoms with Crippen LogP contribution in [0.25, 0.3) is 0 Å². The Hall–Kier alpha value is -2.08. The zero-order valence-electron chi connectivity index (χ0n) is 17.3. The lowest BCUT2D eigenvalue weighted by Gasteiger charge is -2.36. The number of benzene rings is 1. The van der Waals surface area contributed by atoms with Crippen LogP contribution in [-0.4, -0.2) is 60.6 Å². The van der Waals surface area contributed by atoms with Gasteiger partial charge in [0.05, 0.1) is 19.3 Å². The highest BCUT2D eigenvalue weighted by Crippen LogP contribution is 2.20. The van der Waals surface area contributed by atoms with Crippen molar-refractivity contribution in [2.75, 3.05) is 38.2 Å². The predicted molar refractivity (Wildman–Crippen MR) is 111 cm³/mol. The van der Waals surface area contributed by atoms with E-state index in [9.17, 15) is 9.59 Å². The highest BCUT2D eigenvalue weighted by molar-refractivity contribution is 5.95. The fraction of sp³-hybridized carbons (Fsp3) is 0.636. The van der Waals surface area contributed by atoms with Crippen molar-refractivity contribution in [3.8, 4) is 0 Å². The summed E-state index contributed by atoms with van der Waals surface area (Å²) in [5.74, 6) is 1.28. The minimum absolute atomic E-state index is 0.0787. The summed E-state index contributed by atoms with van der Waals surface area (Å²) in [6, 6.07) is 7.25. The number of hydrogen-bond donors (Lipinski definition) is 1. The summed E-state index contributed by atoms with van der Waals surface area (Å²) in [5.41, 5.74) is 1.39. The number of ether oxygens (including phenoxy) is 1. The van der Waals surface area contributed by atoms with Gasteiger partial charge in [-0.05, 0) is 55.4 Å². The average molecular weight is 388 g/mol. The number of nitrogens with zero attached hydrogens (tertiary/aromatic N) is 2. The molecule has 2 aliphatic rings. The van der Waals surface area contributed by atoms with Crippen LogP contribution in [0.15, 0.2) is 24.3 Å². The molecule has 0 aliphatic carbocycles. The van der Waals surface area contributed by atoms with Gasteiger partial charge in [-0.2, -0.15) is 0 Å². The number of carbonyl (C=O) groups is 2. The van der Waals surface area contributed by atoms with Crippen LogP contribution in [0, 0.1) is 11.8 Å². The Morgan fingerprint density at radius 3 is 2.46 bits per heavy atom. The van der Waals surface area contributed by atoms with Gasteiger partial charge in [-0.3, -0.25) is 4.79 Å². The van der Waals surface area contributed by atoms with Crippen molar-refractivity contribution in [3.05, 3.63) is 29.8 Å². The molecule has 2 aliphatic heterocycles. The van der Waals surface area contributed by atoms with E-state index in [1.807, 2.05) is 21.9 Å². The Labute approximate surface area is 168 Å². The summed E-state index contributed by atoms with van der Waals surface area (Å²) in [7, 11) is 0. The third-order valence-corrected chi connectivity index (χ3v) is 5.69. The maximum atomic E-state index is 12.7. The normalized spacial score (nSPS) is 21.1. The molecule has 6 nitrogen and oxygen atoms in total. The molecule has 1 aromatic rings. The van der Waals surface area contributed by atoms with Gasteiger partial charge in [0, 0.05) is 30.9 Å². The quantitative estimate of drug-likeness (QED) is 0.854. The monoisotopic (exact) mass is 387 g/mol. The van der Waals surface area contributed by atoms with E-state index in [1.165, 1.54) is 0 Å². The van der Waals surface area contributed by atoms with Gasteiger partial charge in [0.1, 0.15) is 0 Å². The lowest BCUT2D eigenvalue weighted by molar-refractivity contribution is 0.00857. The second-order valence-electron chi connectivity index (χ2n) is 8.53. The Morgan fingerprint density at radius 2 is 1.82 bits per heavy atom. The van der Waals surface area contributed by atoms with Crippen LogP contribution in [-0.2, 0) is 4.74 Å². The van der Waals surface area contributed by atoms with Crippen LogP contribution in [0.1, 0.15) is 50.4 Å². The third-order valence-electron chi connectivity index (χ3n) is 5.69. The maximum absolute atomic E-state index is 12.7. The van der Waals surface area contributed by atoms with Crippen LogP contribution in [0.2, 0.25) is 0 Å². The molecule has 0 spiro atoms. The van der Waals surface area contributed by atoms with E-state index < -0.39 is 0 Å². The number of nitrogens with one attached hydrogen (secondary N) is 1. The van der Waals surface area contributed by atoms with Crippen molar-refractivity contribution in [3.63, 3.8) is 0 Å². The maximum Gasteiger partial charge on any atom is 0.322 e. The van der Waals surface area contributed by atoms with E-state index in [4.69, 9.17) is 4.74 Å². The van der Waals surface area contributed by atoms with Crippen molar-refractivity contribution in [1.82, 2.24) is 9.80 Å². The zero-order chi connectivity index (χ0) is 20.1. The van der Waals surface area contributed by atoms with Gasteiger partial charge < -0.3 is 19.9 Å². The first-order valence-electron chi connectivity index (χ1n) is 10.5. The molecule has 0 saturated carbocycles. The molecular formula is C22H33N3O3. The fourth-order valence-corrected chi connectivity index (χ4v) is 3.95. The van der Waals surface area contributed by atoms with E-state index in [1.54, 1.807) is 12.1 Å². The van der Waals surface area contributed by atoms with Crippen LogP contribution in [0.4, 0.5) is 10.5 Å². The summed E-state index contributed by atoms with van der Waals surface area (Å²) in [6.45, 7) is 9.97. The molecule has 0 aromatic heterocycles. The first-order chi connectivity index (χ1) is 13.4. The van der Waals surface area contributed by atoms with Crippen molar-refractivity contribution < 1.29 is 14.3 Å². The van der Waals surface area contributed by atoms with E-state index >= 15 is 0 Å². The highest BCUT2D eigenvalue weighted by atomic mass is 16.5. The topological polar surface area (TPSA) is 61.9 Å². The fourth-order valence-electron chi connectivity index (χ4n) is 3.95. The number of likely N-dealkylation sites (tertiary alicyclic amines) is 1. The summed E-state index contributed by atoms with van der Waals surface area (Å²) in [4.78, 5) is 29.2. The molecule has 0 radical (unpaired) electrons. The van der Waals surface area contributed by atoms with Crippen molar-refractivity contribution in [1.29, 1.82) is 0 Å². The van der Waals surface area contributed by atoms with E-state index in [0.717, 1.165) is 32.4 Å². The van der Waals surface area contributed by atoms with Crippen LogP contribution >= 0.6 is 0 Å². The molecule has 1 aromatic carbocycles. The summed E-state index contributed by atoms with van der Waals surface area (Å²) in [6.07, 6.45) is 3.06. The SMILES string of the molecule is CC(C)CC1COCCN1C(=O)Nc1ccc(C(=O)N2CCC(C)CC2)cc1. The molecule has 3 amide bonds. The second kappa shape index (κ2) is 9.41. The molecule has 6 heteroatoms. The highest BCUT2D eigenvalue weighted by Gasteiger charge is 2.28. The number of hydrogen-bond acceptors (Lipinski definition) is 3. The number of rotatable bonds is 4. The smallest absolute Gasteiger partial charge is 0.322 e. The number of urea groups is 1. The molecule has 1 atom stereocenters. The number of piperidine rings is 1. The van der Waals surface area contributed by atoms with Gasteiger partial charge in [-0.25, -0.2) is 4.79 Å². The van der Waals surface area contributed by atoms with Gasteiger partial charge in [-0.15, -0.1) is 0 Å². The number of amides is 3. The van der Waals surface area contributed by atoms with Crippen LogP contribution < -0.4 is 5.32 Å². The van der Waals surface area contributed by atoms with E-state index in [2.05, 4.69) is 26.1 Å². The number of morpholine rings is 1. The molecule has 28 heavy (non-hydrogen) atoms. The van der Waals surface area contributed by atoms with Crippen LogP contribution in [0.5, 0.6) is 0 Å². The standard InChI is InChI=1S/C22H33N3O3/c1-16(2)14-20-15-28-13-12-25(20)22(27)23-19-6-4-18(5-7-19)21(26)24-10-8-17(3)9-11-24/h4-7,16-17,20H,8-15H2,1-3H3,(H,23,27). The molecule has 1 N–H and O–H groups in total. The first kappa shape index (κ1) is 20.6. The van der Waals surface area contributed by atoms with Gasteiger partial charge in [-0.1, -0.05) is 20.8 Å². The number of anilines is 1. The van der Waals surface area contributed by atoms with Gasteiger partial charge in [0.15, 0.2) is 0 Å². The summed E-state index contributed by atoms with van der Waals surface area (Å²) in [5, 5.41) is 2.97. The van der Waals surface area contributed by atoms with Crippen LogP contribution in [0.3, 0.4) is 0 Å². The van der Waals surface area contributed by atoms with Crippen molar-refractivity contribution in [2.45, 2.75) is 46.1 Å². The predicted octanol–water partition coefficient (Wildman–Crippen LogP) is 3.84. The zero-order valence-corrected chi connectivity index (χ0v) is 17.3. The minimum Gasteiger partial charge on any atom is -0.377 e. The van der Waals surface area contributed by atoms with E-state index in [-0.39, 0.29) is 18.0 Å². The Morgan fingerprint density at radius 1 is 1.14 bits per heavy atom. The van der Waals surface area contributed by atoms with Gasteiger partial charge in [0.2, 0.25) is 0 Å². The number of carbonyl (C=O) groups excluding carboxylic acids is 2. The first-order valence-corrected chi connectivity index (χ1v) is 10.5. The molecule has 3 rings (SSSR count). The van der Waals surface area contributed by atoms with E-state index in [0.29, 0.717) is 42.8 Å². The lowest BCUT2D eigenvalue weighted by atomic mass is 9.98. The van der Waals surface area contributed by atoms with Crippen molar-refractivity contribution in [2.24, 2.45) is 11.8 Å². The molecule has 2 saturated heterocycles.